The Morgan fingerprint density at radius 3 is 2.35 bits per heavy atom. The summed E-state index contributed by atoms with van der Waals surface area (Å²) in [5.41, 5.74) is 0.162. The summed E-state index contributed by atoms with van der Waals surface area (Å²) in [7, 11) is 0. The Morgan fingerprint density at radius 1 is 1.29 bits per heavy atom. The van der Waals surface area contributed by atoms with Gasteiger partial charge >= 0.3 is 43.7 Å². The fourth-order valence-corrected chi connectivity index (χ4v) is 1.91. The molecule has 1 aromatic rings. The number of hydrogen-bond donors (Lipinski definition) is 1. The molecule has 0 heterocycles. The predicted molar refractivity (Wildman–Crippen MR) is 73.5 cm³/mol. The van der Waals surface area contributed by atoms with Crippen LogP contribution in [0.5, 0.6) is 0 Å². The zero-order valence-corrected chi connectivity index (χ0v) is 13.0. The standard InChI is InChI=1S/C14H20O2.Ca.2H/c1-3-4-8-11-14(2,13(15)16)12-9-6-5-7-10-12;;;/h5-7,9-10H,3-4,8,11H2,1-2H3,(H,15,16);;;/q;+2;2*-1. The fourth-order valence-electron chi connectivity index (χ4n) is 1.91. The summed E-state index contributed by atoms with van der Waals surface area (Å²) in [6.45, 7) is 3.95. The van der Waals surface area contributed by atoms with Crippen LogP contribution < -0.4 is 0 Å². The number of carboxylic acid groups (broad SMARTS) is 1. The van der Waals surface area contributed by atoms with Crippen molar-refractivity contribution < 1.29 is 12.8 Å². The Labute approximate surface area is 136 Å². The van der Waals surface area contributed by atoms with Crippen molar-refractivity contribution >= 4 is 43.7 Å². The normalized spacial score (nSPS) is 13.5. The van der Waals surface area contributed by atoms with E-state index in [1.165, 1.54) is 0 Å². The summed E-state index contributed by atoms with van der Waals surface area (Å²) >= 11 is 0. The van der Waals surface area contributed by atoms with Gasteiger partial charge in [0, 0.05) is 0 Å². The summed E-state index contributed by atoms with van der Waals surface area (Å²) in [6, 6.07) is 9.52. The maximum atomic E-state index is 11.4. The Balaban J connectivity index is -0.000000853. The molecule has 0 aliphatic heterocycles. The number of aliphatic carboxylic acids is 1. The van der Waals surface area contributed by atoms with Gasteiger partial charge in [0.05, 0.1) is 5.41 Å². The van der Waals surface area contributed by atoms with Gasteiger partial charge in [-0.25, -0.2) is 0 Å². The third-order valence-corrected chi connectivity index (χ3v) is 3.16. The maximum absolute atomic E-state index is 11.4. The Bertz CT molecular complexity index is 347. The summed E-state index contributed by atoms with van der Waals surface area (Å²) in [4.78, 5) is 11.4. The first kappa shape index (κ1) is 16.9. The average molecular weight is 262 g/mol. The van der Waals surface area contributed by atoms with E-state index in [9.17, 15) is 9.90 Å². The summed E-state index contributed by atoms with van der Waals surface area (Å²) in [5.74, 6) is -0.727. The van der Waals surface area contributed by atoms with Crippen molar-refractivity contribution in [2.75, 3.05) is 0 Å². The van der Waals surface area contributed by atoms with Gasteiger partial charge in [-0.1, -0.05) is 56.5 Å². The maximum Gasteiger partial charge on any atom is 2.00 e. The van der Waals surface area contributed by atoms with Gasteiger partial charge in [0.1, 0.15) is 0 Å². The van der Waals surface area contributed by atoms with E-state index in [0.717, 1.165) is 24.8 Å². The summed E-state index contributed by atoms with van der Waals surface area (Å²) in [5, 5.41) is 9.39. The van der Waals surface area contributed by atoms with Gasteiger partial charge in [-0.3, -0.25) is 4.79 Å². The number of rotatable bonds is 6. The third kappa shape index (κ3) is 4.61. The number of unbranched alkanes of at least 4 members (excludes halogenated alkanes) is 2. The van der Waals surface area contributed by atoms with Crippen LogP contribution in [0, 0.1) is 0 Å². The van der Waals surface area contributed by atoms with Crippen molar-refractivity contribution in [1.82, 2.24) is 0 Å². The molecule has 0 bridgehead atoms. The van der Waals surface area contributed by atoms with E-state index in [1.54, 1.807) is 0 Å². The zero-order chi connectivity index (χ0) is 12.0. The molecule has 1 rings (SSSR count). The smallest absolute Gasteiger partial charge is 1.00 e. The van der Waals surface area contributed by atoms with E-state index < -0.39 is 11.4 Å². The molecule has 1 atom stereocenters. The first-order valence-electron chi connectivity index (χ1n) is 5.90. The second kappa shape index (κ2) is 8.12. The molecule has 3 heteroatoms. The quantitative estimate of drug-likeness (QED) is 0.630. The molecule has 0 amide bonds. The Hall–Kier alpha value is -0.0503. The van der Waals surface area contributed by atoms with Crippen LogP contribution in [-0.2, 0) is 10.2 Å². The van der Waals surface area contributed by atoms with Crippen molar-refractivity contribution in [3.63, 3.8) is 0 Å². The SMILES string of the molecule is CCCCCC(C)(C(=O)O)c1ccccc1.[Ca+2].[H-].[H-]. The molecule has 0 spiro atoms. The minimum atomic E-state index is -0.740. The summed E-state index contributed by atoms with van der Waals surface area (Å²) in [6.07, 6.45) is 3.88. The van der Waals surface area contributed by atoms with Gasteiger partial charge in [0.15, 0.2) is 0 Å². The molecule has 2 nitrogen and oxygen atoms in total. The minimum Gasteiger partial charge on any atom is -1.00 e. The molecule has 92 valence electrons. The van der Waals surface area contributed by atoms with Crippen molar-refractivity contribution in [2.24, 2.45) is 0 Å². The van der Waals surface area contributed by atoms with Gasteiger partial charge in [0.25, 0.3) is 0 Å². The van der Waals surface area contributed by atoms with Crippen molar-refractivity contribution in [3.05, 3.63) is 35.9 Å². The molecule has 0 aromatic heterocycles. The molecule has 1 N–H and O–H groups in total. The first-order valence-corrected chi connectivity index (χ1v) is 5.90. The van der Waals surface area contributed by atoms with Crippen molar-refractivity contribution in [2.45, 2.75) is 44.9 Å². The van der Waals surface area contributed by atoms with Gasteiger partial charge < -0.3 is 7.96 Å². The average Bonchev–Trinajstić information content (AvgIpc) is 2.30. The van der Waals surface area contributed by atoms with Gasteiger partial charge in [0.2, 0.25) is 0 Å². The molecule has 0 fully saturated rings. The molecule has 0 aliphatic rings. The molecular weight excluding hydrogens is 240 g/mol. The monoisotopic (exact) mass is 262 g/mol. The van der Waals surface area contributed by atoms with Crippen LogP contribution in [0.25, 0.3) is 0 Å². The summed E-state index contributed by atoms with van der Waals surface area (Å²) < 4.78 is 0. The van der Waals surface area contributed by atoms with Crippen LogP contribution in [0.4, 0.5) is 0 Å². The van der Waals surface area contributed by atoms with E-state index in [4.69, 9.17) is 0 Å². The van der Waals surface area contributed by atoms with Crippen molar-refractivity contribution in [1.29, 1.82) is 0 Å². The molecule has 1 aromatic carbocycles. The number of benzene rings is 1. The second-order valence-corrected chi connectivity index (χ2v) is 4.46. The fraction of sp³-hybridized carbons (Fsp3) is 0.500. The molecule has 17 heavy (non-hydrogen) atoms. The van der Waals surface area contributed by atoms with Gasteiger partial charge in [-0.2, -0.15) is 0 Å². The molecule has 0 aliphatic carbocycles. The van der Waals surface area contributed by atoms with Gasteiger partial charge in [-0.05, 0) is 18.9 Å². The van der Waals surface area contributed by atoms with Crippen LogP contribution in [0.2, 0.25) is 0 Å². The molecule has 0 saturated carbocycles. The molecular formula is C14H22CaO2. The van der Waals surface area contributed by atoms with E-state index in [2.05, 4.69) is 6.92 Å². The van der Waals surface area contributed by atoms with Crippen LogP contribution >= 0.6 is 0 Å². The number of hydrogen-bond acceptors (Lipinski definition) is 1. The van der Waals surface area contributed by atoms with Crippen molar-refractivity contribution in [3.8, 4) is 0 Å². The van der Waals surface area contributed by atoms with Gasteiger partial charge in [-0.15, -0.1) is 0 Å². The molecule has 1 unspecified atom stereocenters. The van der Waals surface area contributed by atoms with E-state index in [-0.39, 0.29) is 40.6 Å². The minimum absolute atomic E-state index is 0. The topological polar surface area (TPSA) is 37.3 Å². The van der Waals surface area contributed by atoms with Crippen LogP contribution in [-0.4, -0.2) is 48.8 Å². The Kier molecular flexibility index (Phi) is 8.10. The molecule has 0 radical (unpaired) electrons. The third-order valence-electron chi connectivity index (χ3n) is 3.16. The van der Waals surface area contributed by atoms with Crippen LogP contribution in [0.1, 0.15) is 47.9 Å². The molecule has 0 saturated heterocycles. The van der Waals surface area contributed by atoms with Crippen LogP contribution in [0.15, 0.2) is 30.3 Å². The largest absolute Gasteiger partial charge is 2.00 e. The Morgan fingerprint density at radius 2 is 1.88 bits per heavy atom. The number of carbonyl (C=O) groups is 1. The van der Waals surface area contributed by atoms with Crippen LogP contribution in [0.3, 0.4) is 0 Å². The zero-order valence-electron chi connectivity index (χ0n) is 12.8. The number of carboxylic acids is 1. The van der Waals surface area contributed by atoms with E-state index in [0.29, 0.717) is 6.42 Å². The first-order chi connectivity index (χ1) is 7.61. The van der Waals surface area contributed by atoms with E-state index >= 15 is 0 Å². The van der Waals surface area contributed by atoms with E-state index in [1.807, 2.05) is 37.3 Å². The predicted octanol–water partition coefficient (Wildman–Crippen LogP) is 3.45. The second-order valence-electron chi connectivity index (χ2n) is 4.46.